The molecule has 184 valence electrons. The molecule has 5 heteroatoms. The van der Waals surface area contributed by atoms with E-state index in [1.165, 1.54) is 58.5 Å². The lowest BCUT2D eigenvalue weighted by Crippen LogP contribution is -2.61. The number of hydrogen-bond donors (Lipinski definition) is 3. The second kappa shape index (κ2) is 9.54. The van der Waals surface area contributed by atoms with E-state index in [0.717, 1.165) is 18.3 Å². The van der Waals surface area contributed by atoms with Gasteiger partial charge in [0, 0.05) is 25.0 Å². The van der Waals surface area contributed by atoms with Gasteiger partial charge in [0.05, 0.1) is 13.7 Å². The van der Waals surface area contributed by atoms with Gasteiger partial charge in [-0.05, 0) is 104 Å². The number of esters is 1. The van der Waals surface area contributed by atoms with Gasteiger partial charge in [-0.1, -0.05) is 20.8 Å². The number of fused-ring (bicyclic) bond motifs is 5. The van der Waals surface area contributed by atoms with Gasteiger partial charge in [-0.3, -0.25) is 4.79 Å². The van der Waals surface area contributed by atoms with Gasteiger partial charge in [0.25, 0.3) is 0 Å². The molecule has 4 fully saturated rings. The first-order valence-electron chi connectivity index (χ1n) is 13.4. The smallest absolute Gasteiger partial charge is 0.305 e. The SMILES string of the molecule is COC(=O)CC[C@@H](C)C1CCC2C3C(CCC21C)C1(C)CCC(NCCO)CC1C[C@H]3N. The van der Waals surface area contributed by atoms with Crippen LogP contribution in [0.2, 0.25) is 0 Å². The van der Waals surface area contributed by atoms with Crippen LogP contribution in [-0.2, 0) is 9.53 Å². The summed E-state index contributed by atoms with van der Waals surface area (Å²) in [6.07, 6.45) is 11.7. The van der Waals surface area contributed by atoms with E-state index in [2.05, 4.69) is 26.1 Å². The predicted molar refractivity (Wildman–Crippen MR) is 128 cm³/mol. The predicted octanol–water partition coefficient (Wildman–Crippen LogP) is 4.12. The molecular formula is C27H48N2O3. The number of carbonyl (C=O) groups is 1. The van der Waals surface area contributed by atoms with Crippen molar-refractivity contribution in [2.24, 2.45) is 52.1 Å². The number of carbonyl (C=O) groups excluding carboxylic acids is 1. The lowest BCUT2D eigenvalue weighted by atomic mass is 9.43. The third kappa shape index (κ3) is 4.15. The number of aliphatic hydroxyl groups is 1. The first-order valence-corrected chi connectivity index (χ1v) is 13.4. The Bertz CT molecular complexity index is 671. The highest BCUT2D eigenvalue weighted by atomic mass is 16.5. The van der Waals surface area contributed by atoms with Gasteiger partial charge in [0.15, 0.2) is 0 Å². The monoisotopic (exact) mass is 448 g/mol. The van der Waals surface area contributed by atoms with Crippen molar-refractivity contribution in [2.45, 2.75) is 97.1 Å². The number of aliphatic hydroxyl groups excluding tert-OH is 1. The van der Waals surface area contributed by atoms with Crippen molar-refractivity contribution in [1.29, 1.82) is 0 Å². The lowest BCUT2D eigenvalue weighted by Gasteiger charge is -2.63. The minimum absolute atomic E-state index is 0.0717. The van der Waals surface area contributed by atoms with Gasteiger partial charge in [-0.15, -0.1) is 0 Å². The summed E-state index contributed by atoms with van der Waals surface area (Å²) in [6, 6.07) is 0.868. The van der Waals surface area contributed by atoms with Crippen LogP contribution < -0.4 is 11.1 Å². The summed E-state index contributed by atoms with van der Waals surface area (Å²) in [5, 5.41) is 12.8. The lowest BCUT2D eigenvalue weighted by molar-refractivity contribution is -0.141. The van der Waals surface area contributed by atoms with Crippen LogP contribution in [0.1, 0.15) is 85.0 Å². The molecule has 0 aliphatic heterocycles. The van der Waals surface area contributed by atoms with Crippen LogP contribution in [0.3, 0.4) is 0 Å². The third-order valence-electron chi connectivity index (χ3n) is 11.1. The van der Waals surface area contributed by atoms with E-state index in [-0.39, 0.29) is 12.6 Å². The summed E-state index contributed by atoms with van der Waals surface area (Å²) in [5.74, 6) is 4.07. The van der Waals surface area contributed by atoms with Gasteiger partial charge in [-0.25, -0.2) is 0 Å². The van der Waals surface area contributed by atoms with Crippen molar-refractivity contribution in [3.63, 3.8) is 0 Å². The van der Waals surface area contributed by atoms with Crippen LogP contribution in [0.5, 0.6) is 0 Å². The molecule has 0 radical (unpaired) electrons. The summed E-state index contributed by atoms with van der Waals surface area (Å²) in [4.78, 5) is 11.7. The highest BCUT2D eigenvalue weighted by molar-refractivity contribution is 5.69. The summed E-state index contributed by atoms with van der Waals surface area (Å²) in [5.41, 5.74) is 7.83. The maximum absolute atomic E-state index is 11.7. The van der Waals surface area contributed by atoms with E-state index in [1.54, 1.807) is 0 Å². The van der Waals surface area contributed by atoms with Crippen LogP contribution in [0.4, 0.5) is 0 Å². The van der Waals surface area contributed by atoms with E-state index in [4.69, 9.17) is 10.5 Å². The van der Waals surface area contributed by atoms with Gasteiger partial charge in [0.1, 0.15) is 0 Å². The quantitative estimate of drug-likeness (QED) is 0.510. The molecule has 0 bridgehead atoms. The maximum atomic E-state index is 11.7. The Kier molecular flexibility index (Phi) is 7.30. The first-order chi connectivity index (χ1) is 15.2. The molecule has 4 aliphatic rings. The number of nitrogens with one attached hydrogen (secondary N) is 1. The van der Waals surface area contributed by atoms with E-state index >= 15 is 0 Å². The third-order valence-corrected chi connectivity index (χ3v) is 11.1. The van der Waals surface area contributed by atoms with Crippen molar-refractivity contribution in [2.75, 3.05) is 20.3 Å². The molecular weight excluding hydrogens is 400 g/mol. The summed E-state index contributed by atoms with van der Waals surface area (Å²) in [7, 11) is 1.50. The molecule has 0 amide bonds. The molecule has 4 rings (SSSR count). The van der Waals surface area contributed by atoms with E-state index in [9.17, 15) is 9.90 Å². The Balaban J connectivity index is 1.48. The number of nitrogens with two attached hydrogens (primary N) is 1. The molecule has 32 heavy (non-hydrogen) atoms. The van der Waals surface area contributed by atoms with E-state index in [1.807, 2.05) is 0 Å². The van der Waals surface area contributed by atoms with Crippen LogP contribution in [0.25, 0.3) is 0 Å². The van der Waals surface area contributed by atoms with Crippen molar-refractivity contribution >= 4 is 5.97 Å². The highest BCUT2D eigenvalue weighted by Crippen LogP contribution is 2.68. The number of hydrogen-bond acceptors (Lipinski definition) is 5. The average Bonchev–Trinajstić information content (AvgIpc) is 3.13. The Morgan fingerprint density at radius 1 is 1.12 bits per heavy atom. The molecule has 5 nitrogen and oxygen atoms in total. The normalized spacial score (nSPS) is 46.6. The molecule has 4 aliphatic carbocycles. The molecule has 4 saturated carbocycles. The summed E-state index contributed by atoms with van der Waals surface area (Å²) >= 11 is 0. The molecule has 0 aromatic carbocycles. The molecule has 8 unspecified atom stereocenters. The fourth-order valence-corrected chi connectivity index (χ4v) is 9.40. The second-order valence-electron chi connectivity index (χ2n) is 12.4. The fourth-order valence-electron chi connectivity index (χ4n) is 9.40. The van der Waals surface area contributed by atoms with Crippen LogP contribution in [0.15, 0.2) is 0 Å². The maximum Gasteiger partial charge on any atom is 0.305 e. The topological polar surface area (TPSA) is 84.6 Å². The summed E-state index contributed by atoms with van der Waals surface area (Å²) in [6.45, 7) is 8.46. The molecule has 0 heterocycles. The van der Waals surface area contributed by atoms with Gasteiger partial charge in [0.2, 0.25) is 0 Å². The zero-order valence-corrected chi connectivity index (χ0v) is 20.9. The van der Waals surface area contributed by atoms with Crippen LogP contribution in [-0.4, -0.2) is 43.4 Å². The van der Waals surface area contributed by atoms with E-state index in [0.29, 0.717) is 59.6 Å². The Labute approximate surface area is 195 Å². The van der Waals surface area contributed by atoms with Crippen molar-refractivity contribution in [3.05, 3.63) is 0 Å². The number of methoxy groups -OCH3 is 1. The molecule has 0 saturated heterocycles. The van der Waals surface area contributed by atoms with E-state index < -0.39 is 0 Å². The average molecular weight is 449 g/mol. The zero-order valence-electron chi connectivity index (χ0n) is 20.9. The van der Waals surface area contributed by atoms with Gasteiger partial charge >= 0.3 is 5.97 Å². The highest BCUT2D eigenvalue weighted by Gasteiger charge is 2.62. The van der Waals surface area contributed by atoms with Crippen molar-refractivity contribution < 1.29 is 14.6 Å². The standard InChI is InChI=1S/C27H48N2O3/c1-17(5-8-24(31)32-4)20-6-7-21-25-22(10-12-27(20,21)3)26(2)11-9-19(29-13-14-30)15-18(26)16-23(25)28/h17-23,25,29-30H,5-16,28H2,1-4H3/t17-,18?,19?,20?,21?,22?,23-,25?,26?,27?/m1/s1. The van der Waals surface area contributed by atoms with Gasteiger partial charge in [-0.2, -0.15) is 0 Å². The van der Waals surface area contributed by atoms with Crippen molar-refractivity contribution in [3.8, 4) is 0 Å². The number of ether oxygens (including phenoxy) is 1. The minimum atomic E-state index is -0.0717. The second-order valence-corrected chi connectivity index (χ2v) is 12.4. The van der Waals surface area contributed by atoms with Crippen molar-refractivity contribution in [1.82, 2.24) is 5.32 Å². The molecule has 4 N–H and O–H groups in total. The largest absolute Gasteiger partial charge is 0.469 e. The van der Waals surface area contributed by atoms with Gasteiger partial charge < -0.3 is 20.9 Å². The molecule has 0 spiro atoms. The fraction of sp³-hybridized carbons (Fsp3) is 0.963. The first kappa shape index (κ1) is 24.5. The molecule has 0 aromatic heterocycles. The van der Waals surface area contributed by atoms with Crippen LogP contribution in [0, 0.1) is 46.3 Å². The summed E-state index contributed by atoms with van der Waals surface area (Å²) < 4.78 is 4.90. The Morgan fingerprint density at radius 3 is 2.56 bits per heavy atom. The number of rotatable bonds is 7. The van der Waals surface area contributed by atoms with Crippen LogP contribution >= 0.6 is 0 Å². The molecule has 10 atom stereocenters. The minimum Gasteiger partial charge on any atom is -0.469 e. The Morgan fingerprint density at radius 2 is 1.84 bits per heavy atom. The zero-order chi connectivity index (χ0) is 23.1. The Hall–Kier alpha value is -0.650. The molecule has 0 aromatic rings.